The molecule has 0 aliphatic rings. The molecule has 0 fully saturated rings. The van der Waals surface area contributed by atoms with E-state index in [2.05, 4.69) is 93.3 Å². The molecule has 2 heterocycles. The van der Waals surface area contributed by atoms with Gasteiger partial charge in [-0.2, -0.15) is 0 Å². The Morgan fingerprint density at radius 1 is 0.630 bits per heavy atom. The van der Waals surface area contributed by atoms with Gasteiger partial charge in [-0.25, -0.2) is 0 Å². The third-order valence-corrected chi connectivity index (χ3v) is 5.74. The van der Waals surface area contributed by atoms with E-state index in [0.717, 1.165) is 26.7 Å². The van der Waals surface area contributed by atoms with Gasteiger partial charge in [0.1, 0.15) is 11.2 Å². The predicted molar refractivity (Wildman–Crippen MR) is 116 cm³/mol. The van der Waals surface area contributed by atoms with Gasteiger partial charge >= 0.3 is 0 Å². The predicted octanol–water partition coefficient (Wildman–Crippen LogP) is 7.45. The number of aromatic nitrogens is 1. The standard InChI is InChI=1S/C24H14BrNO/c25-15-10-11-17-20(14-15)26(16-6-2-1-3-7-16)19-12-13-22-24(23(17)19)18-8-4-5-9-21(18)27-22/h1-14H. The van der Waals surface area contributed by atoms with Crippen molar-refractivity contribution < 1.29 is 4.42 Å². The lowest BCUT2D eigenvalue weighted by molar-refractivity contribution is 0.669. The molecule has 0 atom stereocenters. The van der Waals surface area contributed by atoms with Gasteiger partial charge < -0.3 is 8.98 Å². The summed E-state index contributed by atoms with van der Waals surface area (Å²) in [7, 11) is 0. The first-order valence-corrected chi connectivity index (χ1v) is 9.70. The van der Waals surface area contributed by atoms with Gasteiger partial charge in [-0.15, -0.1) is 0 Å². The van der Waals surface area contributed by atoms with Crippen molar-refractivity contribution in [1.82, 2.24) is 4.57 Å². The molecule has 2 nitrogen and oxygen atoms in total. The summed E-state index contributed by atoms with van der Waals surface area (Å²) in [5.41, 5.74) is 5.39. The maximum Gasteiger partial charge on any atom is 0.136 e. The van der Waals surface area contributed by atoms with Crippen LogP contribution in [0.3, 0.4) is 0 Å². The molecule has 2 aromatic heterocycles. The van der Waals surface area contributed by atoms with Crippen LogP contribution < -0.4 is 0 Å². The van der Waals surface area contributed by atoms with Gasteiger partial charge in [0.2, 0.25) is 0 Å². The SMILES string of the molecule is Brc1ccc2c3c4c(ccc3n(-c3ccccc3)c2c1)oc1ccccc14. The van der Waals surface area contributed by atoms with E-state index in [1.54, 1.807) is 0 Å². The molecule has 6 aromatic rings. The summed E-state index contributed by atoms with van der Waals surface area (Å²) < 4.78 is 9.53. The minimum Gasteiger partial charge on any atom is -0.456 e. The molecule has 0 aliphatic carbocycles. The first-order chi connectivity index (χ1) is 13.3. The lowest BCUT2D eigenvalue weighted by Gasteiger charge is -2.07. The summed E-state index contributed by atoms with van der Waals surface area (Å²) in [6.07, 6.45) is 0. The summed E-state index contributed by atoms with van der Waals surface area (Å²) in [4.78, 5) is 0. The monoisotopic (exact) mass is 411 g/mol. The first kappa shape index (κ1) is 15.1. The Labute approximate surface area is 163 Å². The molecule has 0 saturated carbocycles. The van der Waals surface area contributed by atoms with Crippen LogP contribution in [0.2, 0.25) is 0 Å². The Balaban J connectivity index is 1.92. The van der Waals surface area contributed by atoms with E-state index < -0.39 is 0 Å². The molecule has 27 heavy (non-hydrogen) atoms. The zero-order valence-corrected chi connectivity index (χ0v) is 15.9. The molecule has 4 aromatic carbocycles. The van der Waals surface area contributed by atoms with Crippen molar-refractivity contribution in [2.75, 3.05) is 0 Å². The smallest absolute Gasteiger partial charge is 0.136 e. The number of rotatable bonds is 1. The van der Waals surface area contributed by atoms with Crippen molar-refractivity contribution in [2.45, 2.75) is 0 Å². The summed E-state index contributed by atoms with van der Waals surface area (Å²) in [6, 6.07) is 29.5. The van der Waals surface area contributed by atoms with E-state index >= 15 is 0 Å². The van der Waals surface area contributed by atoms with Crippen molar-refractivity contribution in [3.05, 3.63) is 89.4 Å². The third kappa shape index (κ3) is 2.06. The molecular formula is C24H14BrNO. The number of nitrogens with zero attached hydrogens (tertiary/aromatic N) is 1. The summed E-state index contributed by atoms with van der Waals surface area (Å²) in [6.45, 7) is 0. The van der Waals surface area contributed by atoms with Crippen LogP contribution in [0.25, 0.3) is 49.4 Å². The number of fused-ring (bicyclic) bond motifs is 7. The lowest BCUT2D eigenvalue weighted by atomic mass is 10.1. The van der Waals surface area contributed by atoms with Gasteiger partial charge in [0, 0.05) is 31.7 Å². The Hall–Kier alpha value is -3.04. The average molecular weight is 412 g/mol. The number of furan rings is 1. The van der Waals surface area contributed by atoms with Crippen LogP contribution in [0, 0.1) is 0 Å². The molecule has 0 bridgehead atoms. The lowest BCUT2D eigenvalue weighted by Crippen LogP contribution is -1.92. The van der Waals surface area contributed by atoms with Crippen LogP contribution in [0.5, 0.6) is 0 Å². The van der Waals surface area contributed by atoms with E-state index in [0.29, 0.717) is 0 Å². The van der Waals surface area contributed by atoms with E-state index in [-0.39, 0.29) is 0 Å². The highest BCUT2D eigenvalue weighted by atomic mass is 79.9. The van der Waals surface area contributed by atoms with Gasteiger partial charge in [0.25, 0.3) is 0 Å². The first-order valence-electron chi connectivity index (χ1n) is 8.90. The Bertz CT molecular complexity index is 1470. The van der Waals surface area contributed by atoms with Gasteiger partial charge in [-0.05, 0) is 42.5 Å². The maximum absolute atomic E-state index is 6.13. The van der Waals surface area contributed by atoms with Crippen LogP contribution >= 0.6 is 15.9 Å². The van der Waals surface area contributed by atoms with Crippen molar-refractivity contribution in [1.29, 1.82) is 0 Å². The van der Waals surface area contributed by atoms with Crippen molar-refractivity contribution in [2.24, 2.45) is 0 Å². The molecule has 0 saturated heterocycles. The maximum atomic E-state index is 6.13. The molecule has 0 radical (unpaired) electrons. The Kier molecular flexibility index (Phi) is 3.06. The highest BCUT2D eigenvalue weighted by Gasteiger charge is 2.18. The normalized spacial score (nSPS) is 11.9. The summed E-state index contributed by atoms with van der Waals surface area (Å²) in [5, 5.41) is 4.82. The van der Waals surface area contributed by atoms with Crippen molar-refractivity contribution in [3.63, 3.8) is 0 Å². The molecule has 128 valence electrons. The number of hydrogen-bond donors (Lipinski definition) is 0. The van der Waals surface area contributed by atoms with Crippen LogP contribution in [0.1, 0.15) is 0 Å². The quantitative estimate of drug-likeness (QED) is 0.274. The van der Waals surface area contributed by atoms with Crippen molar-refractivity contribution >= 4 is 59.7 Å². The molecule has 3 heteroatoms. The number of hydrogen-bond acceptors (Lipinski definition) is 1. The van der Waals surface area contributed by atoms with Gasteiger partial charge in [-0.1, -0.05) is 58.4 Å². The van der Waals surface area contributed by atoms with E-state index in [4.69, 9.17) is 4.42 Å². The fourth-order valence-electron chi connectivity index (χ4n) is 4.15. The second-order valence-electron chi connectivity index (χ2n) is 6.76. The fourth-order valence-corrected chi connectivity index (χ4v) is 4.50. The molecule has 0 unspecified atom stereocenters. The zero-order chi connectivity index (χ0) is 18.0. The van der Waals surface area contributed by atoms with E-state index in [1.165, 1.54) is 27.2 Å². The van der Waals surface area contributed by atoms with E-state index in [1.807, 2.05) is 12.1 Å². The summed E-state index contributed by atoms with van der Waals surface area (Å²) in [5.74, 6) is 0. The molecule has 6 rings (SSSR count). The molecular weight excluding hydrogens is 398 g/mol. The highest BCUT2D eigenvalue weighted by molar-refractivity contribution is 9.10. The molecule has 0 aliphatic heterocycles. The second kappa shape index (κ2) is 5.48. The van der Waals surface area contributed by atoms with Gasteiger partial charge in [0.15, 0.2) is 0 Å². The zero-order valence-electron chi connectivity index (χ0n) is 14.3. The summed E-state index contributed by atoms with van der Waals surface area (Å²) >= 11 is 3.65. The fraction of sp³-hybridized carbons (Fsp3) is 0. The van der Waals surface area contributed by atoms with Crippen LogP contribution in [0.15, 0.2) is 93.8 Å². The highest BCUT2D eigenvalue weighted by Crippen LogP contribution is 2.41. The average Bonchev–Trinajstić information content (AvgIpc) is 3.23. The third-order valence-electron chi connectivity index (χ3n) is 5.25. The van der Waals surface area contributed by atoms with E-state index in [9.17, 15) is 0 Å². The van der Waals surface area contributed by atoms with Crippen LogP contribution in [0.4, 0.5) is 0 Å². The second-order valence-corrected chi connectivity index (χ2v) is 7.68. The minimum atomic E-state index is 0.928. The van der Waals surface area contributed by atoms with Gasteiger partial charge in [0.05, 0.1) is 11.0 Å². The molecule has 0 N–H and O–H groups in total. The molecule has 0 spiro atoms. The topological polar surface area (TPSA) is 18.1 Å². The van der Waals surface area contributed by atoms with Crippen molar-refractivity contribution in [3.8, 4) is 5.69 Å². The number of para-hydroxylation sites is 2. The molecule has 0 amide bonds. The Morgan fingerprint density at radius 3 is 2.33 bits per heavy atom. The number of benzene rings is 4. The van der Waals surface area contributed by atoms with Gasteiger partial charge in [-0.3, -0.25) is 0 Å². The van der Waals surface area contributed by atoms with Crippen LogP contribution in [-0.4, -0.2) is 4.57 Å². The largest absolute Gasteiger partial charge is 0.456 e. The number of halogens is 1. The van der Waals surface area contributed by atoms with Crippen LogP contribution in [-0.2, 0) is 0 Å². The minimum absolute atomic E-state index is 0.928. The Morgan fingerprint density at radius 2 is 1.44 bits per heavy atom.